The molecule has 0 atom stereocenters. The number of thiophene rings is 1. The van der Waals surface area contributed by atoms with Crippen LogP contribution in [0.2, 0.25) is 4.34 Å². The normalized spacial score (nSPS) is 15.2. The SMILES string of the molecule is CCOc1cccc2sc(N(CCn3nc(C)cc3C)C(=O)C3CCN(S(=O)(=O)c4ccc(Cl)s4)CC3)nc12. The number of anilines is 1. The van der Waals surface area contributed by atoms with Crippen molar-refractivity contribution in [1.82, 2.24) is 19.1 Å². The fourth-order valence-corrected chi connectivity index (χ4v) is 8.94. The molecule has 39 heavy (non-hydrogen) atoms. The molecular formula is C26H30ClN5O4S3. The first-order valence-corrected chi connectivity index (χ1v) is 16.2. The zero-order valence-corrected chi connectivity index (χ0v) is 25.2. The zero-order valence-electron chi connectivity index (χ0n) is 22.0. The number of ether oxygens (including phenoxy) is 1. The Labute approximate surface area is 241 Å². The van der Waals surface area contributed by atoms with E-state index >= 15 is 0 Å². The predicted octanol–water partition coefficient (Wildman–Crippen LogP) is 5.36. The Hall–Kier alpha value is -2.51. The lowest BCUT2D eigenvalue weighted by Gasteiger charge is -2.32. The number of thiazole rings is 1. The predicted molar refractivity (Wildman–Crippen MR) is 156 cm³/mol. The quantitative estimate of drug-likeness (QED) is 0.254. The Morgan fingerprint density at radius 1 is 1.18 bits per heavy atom. The molecule has 1 fully saturated rings. The molecule has 9 nitrogen and oxygen atoms in total. The second-order valence-corrected chi connectivity index (χ2v) is 14.3. The number of halogens is 1. The largest absolute Gasteiger partial charge is 0.492 e. The summed E-state index contributed by atoms with van der Waals surface area (Å²) in [6.45, 7) is 7.85. The molecule has 5 rings (SSSR count). The highest BCUT2D eigenvalue weighted by atomic mass is 35.5. The van der Waals surface area contributed by atoms with Crippen molar-refractivity contribution in [1.29, 1.82) is 0 Å². The van der Waals surface area contributed by atoms with Gasteiger partial charge in [-0.3, -0.25) is 14.4 Å². The van der Waals surface area contributed by atoms with Gasteiger partial charge in [-0.05, 0) is 63.9 Å². The van der Waals surface area contributed by atoms with Crippen molar-refractivity contribution < 1.29 is 17.9 Å². The van der Waals surface area contributed by atoms with Crippen molar-refractivity contribution in [2.24, 2.45) is 5.92 Å². The van der Waals surface area contributed by atoms with E-state index < -0.39 is 10.0 Å². The summed E-state index contributed by atoms with van der Waals surface area (Å²) in [6.07, 6.45) is 0.866. The number of amides is 1. The van der Waals surface area contributed by atoms with Crippen molar-refractivity contribution >= 4 is 65.6 Å². The minimum atomic E-state index is -3.63. The summed E-state index contributed by atoms with van der Waals surface area (Å²) in [4.78, 5) is 20.6. The van der Waals surface area contributed by atoms with Crippen LogP contribution in [-0.4, -0.2) is 59.6 Å². The molecule has 4 aromatic rings. The van der Waals surface area contributed by atoms with Gasteiger partial charge in [-0.15, -0.1) is 11.3 Å². The van der Waals surface area contributed by atoms with E-state index in [4.69, 9.17) is 21.3 Å². The first-order valence-electron chi connectivity index (χ1n) is 12.8. The van der Waals surface area contributed by atoms with E-state index in [-0.39, 0.29) is 29.1 Å². The lowest BCUT2D eigenvalue weighted by molar-refractivity contribution is -0.123. The maximum absolute atomic E-state index is 14.0. The van der Waals surface area contributed by atoms with Crippen molar-refractivity contribution in [3.05, 3.63) is 52.1 Å². The fourth-order valence-electron chi connectivity index (χ4n) is 4.82. The van der Waals surface area contributed by atoms with Crippen LogP contribution in [0.1, 0.15) is 31.2 Å². The number of sulfonamides is 1. The Kier molecular flexibility index (Phi) is 8.29. The van der Waals surface area contributed by atoms with Gasteiger partial charge in [0, 0.05) is 31.2 Å². The topological polar surface area (TPSA) is 97.6 Å². The van der Waals surface area contributed by atoms with E-state index in [0.29, 0.717) is 47.8 Å². The maximum atomic E-state index is 14.0. The van der Waals surface area contributed by atoms with Gasteiger partial charge in [0.2, 0.25) is 5.91 Å². The number of carbonyl (C=O) groups is 1. The Balaban J connectivity index is 1.38. The second-order valence-electron chi connectivity index (χ2n) is 9.41. The number of rotatable bonds is 9. The Morgan fingerprint density at radius 3 is 2.59 bits per heavy atom. The molecule has 4 heterocycles. The van der Waals surface area contributed by atoms with E-state index in [9.17, 15) is 13.2 Å². The third-order valence-electron chi connectivity index (χ3n) is 6.75. The van der Waals surface area contributed by atoms with Crippen LogP contribution in [-0.2, 0) is 21.4 Å². The van der Waals surface area contributed by atoms with Gasteiger partial charge in [-0.1, -0.05) is 29.0 Å². The number of fused-ring (bicyclic) bond motifs is 1. The molecule has 0 N–H and O–H groups in total. The standard InChI is InChI=1S/C26H30ClN5O4S3/c1-4-36-20-6-5-7-21-24(20)28-26(37-21)31(14-15-32-18(3)16-17(2)29-32)25(33)19-10-12-30(13-11-19)39(34,35)23-9-8-22(27)38-23/h5-9,16,19H,4,10-15H2,1-3H3. The van der Waals surface area contributed by atoms with Gasteiger partial charge in [0.05, 0.1) is 27.9 Å². The molecule has 0 unspecified atom stereocenters. The molecule has 0 aliphatic carbocycles. The molecule has 1 amide bonds. The molecule has 0 saturated carbocycles. The average Bonchev–Trinajstić information content (AvgIpc) is 3.63. The highest BCUT2D eigenvalue weighted by molar-refractivity contribution is 7.91. The first-order chi connectivity index (χ1) is 18.7. The van der Waals surface area contributed by atoms with Gasteiger partial charge >= 0.3 is 0 Å². The Bertz CT molecular complexity index is 1590. The number of hydrogen-bond acceptors (Lipinski definition) is 8. The number of benzene rings is 1. The molecule has 0 radical (unpaired) electrons. The monoisotopic (exact) mass is 607 g/mol. The van der Waals surface area contributed by atoms with Crippen LogP contribution in [0.5, 0.6) is 5.75 Å². The highest BCUT2D eigenvalue weighted by Gasteiger charge is 2.35. The van der Waals surface area contributed by atoms with E-state index in [0.717, 1.165) is 32.9 Å². The van der Waals surface area contributed by atoms with Crippen LogP contribution >= 0.6 is 34.3 Å². The molecule has 13 heteroatoms. The minimum absolute atomic E-state index is 0.0511. The number of aryl methyl sites for hydroxylation is 2. The van der Waals surface area contributed by atoms with Crippen molar-refractivity contribution in [2.75, 3.05) is 31.1 Å². The summed E-state index contributed by atoms with van der Waals surface area (Å²) < 4.78 is 36.8. The molecule has 1 aromatic carbocycles. The van der Waals surface area contributed by atoms with Crippen molar-refractivity contribution in [2.45, 2.75) is 44.4 Å². The third kappa shape index (κ3) is 5.85. The lowest BCUT2D eigenvalue weighted by atomic mass is 9.96. The van der Waals surface area contributed by atoms with Gasteiger partial charge in [-0.25, -0.2) is 13.4 Å². The number of piperidine rings is 1. The summed E-state index contributed by atoms with van der Waals surface area (Å²) in [5, 5.41) is 5.16. The van der Waals surface area contributed by atoms with Gasteiger partial charge in [0.25, 0.3) is 10.0 Å². The van der Waals surface area contributed by atoms with Gasteiger partial charge in [-0.2, -0.15) is 9.40 Å². The van der Waals surface area contributed by atoms with Crippen LogP contribution in [0, 0.1) is 19.8 Å². The van der Waals surface area contributed by atoms with E-state index in [1.807, 2.05) is 49.7 Å². The van der Waals surface area contributed by atoms with E-state index in [1.165, 1.54) is 21.7 Å². The fraction of sp³-hybridized carbons (Fsp3) is 0.423. The second kappa shape index (κ2) is 11.5. The summed E-state index contributed by atoms with van der Waals surface area (Å²) in [5.74, 6) is 0.322. The van der Waals surface area contributed by atoms with Crippen LogP contribution in [0.15, 0.2) is 40.6 Å². The smallest absolute Gasteiger partial charge is 0.252 e. The molecular weight excluding hydrogens is 578 g/mol. The maximum Gasteiger partial charge on any atom is 0.252 e. The molecule has 0 bridgehead atoms. The number of nitrogens with zero attached hydrogens (tertiary/aromatic N) is 5. The van der Waals surface area contributed by atoms with E-state index in [1.54, 1.807) is 11.0 Å². The Morgan fingerprint density at radius 2 is 1.95 bits per heavy atom. The number of para-hydroxylation sites is 1. The van der Waals surface area contributed by atoms with Crippen molar-refractivity contribution in [3.63, 3.8) is 0 Å². The molecule has 1 aliphatic heterocycles. The minimum Gasteiger partial charge on any atom is -0.492 e. The molecule has 3 aromatic heterocycles. The van der Waals surface area contributed by atoms with Gasteiger partial charge in [0.1, 0.15) is 15.5 Å². The zero-order chi connectivity index (χ0) is 27.7. The summed E-state index contributed by atoms with van der Waals surface area (Å²) in [7, 11) is -3.63. The molecule has 0 spiro atoms. The van der Waals surface area contributed by atoms with Crippen molar-refractivity contribution in [3.8, 4) is 5.75 Å². The van der Waals surface area contributed by atoms with Crippen LogP contribution in [0.3, 0.4) is 0 Å². The lowest BCUT2D eigenvalue weighted by Crippen LogP contribution is -2.45. The molecule has 1 saturated heterocycles. The molecule has 1 aliphatic rings. The first kappa shape index (κ1) is 28.0. The van der Waals surface area contributed by atoms with Crippen LogP contribution in [0.25, 0.3) is 10.2 Å². The number of hydrogen-bond donors (Lipinski definition) is 0. The number of aromatic nitrogens is 3. The number of carbonyl (C=O) groups excluding carboxylic acids is 1. The van der Waals surface area contributed by atoms with Crippen LogP contribution in [0.4, 0.5) is 5.13 Å². The molecule has 208 valence electrons. The third-order valence-corrected chi connectivity index (χ3v) is 11.4. The highest BCUT2D eigenvalue weighted by Crippen LogP contribution is 2.36. The van der Waals surface area contributed by atoms with Gasteiger partial charge in [0.15, 0.2) is 5.13 Å². The van der Waals surface area contributed by atoms with Gasteiger partial charge < -0.3 is 4.74 Å². The summed E-state index contributed by atoms with van der Waals surface area (Å²) in [5.41, 5.74) is 2.68. The van der Waals surface area contributed by atoms with E-state index in [2.05, 4.69) is 5.10 Å². The average molecular weight is 608 g/mol. The summed E-state index contributed by atoms with van der Waals surface area (Å²) in [6, 6.07) is 10.9. The van der Waals surface area contributed by atoms with Crippen LogP contribution < -0.4 is 9.64 Å². The summed E-state index contributed by atoms with van der Waals surface area (Å²) >= 11 is 8.47.